The molecule has 1 aromatic carbocycles. The lowest BCUT2D eigenvalue weighted by Gasteiger charge is -2.25. The maximum atomic E-state index is 14.1. The van der Waals surface area contributed by atoms with Gasteiger partial charge in [0.2, 0.25) is 0 Å². The Labute approximate surface area is 245 Å². The van der Waals surface area contributed by atoms with Gasteiger partial charge in [0.1, 0.15) is 22.9 Å². The Hall–Kier alpha value is -4.20. The van der Waals surface area contributed by atoms with Gasteiger partial charge in [-0.3, -0.25) is 9.36 Å². The number of thiazole rings is 1. The van der Waals surface area contributed by atoms with E-state index in [-0.39, 0.29) is 12.2 Å². The van der Waals surface area contributed by atoms with Gasteiger partial charge in [-0.25, -0.2) is 9.79 Å². The number of esters is 1. The molecule has 0 radical (unpaired) electrons. The third-order valence-electron chi connectivity index (χ3n) is 7.39. The van der Waals surface area contributed by atoms with Crippen LogP contribution in [0, 0.1) is 39.0 Å². The number of carbonyl (C=O) groups excluding carboxylic acids is 1. The Bertz CT molecular complexity index is 1960. The number of thiophene rings is 1. The number of hydrogen-bond acceptors (Lipinski definition) is 8. The lowest BCUT2D eigenvalue weighted by molar-refractivity contribution is -0.139. The first-order valence-corrected chi connectivity index (χ1v) is 14.8. The van der Waals surface area contributed by atoms with Crippen LogP contribution in [0.3, 0.4) is 0 Å². The number of hydrogen-bond donors (Lipinski definition) is 0. The largest absolute Gasteiger partial charge is 0.496 e. The number of carbonyl (C=O) groups is 1. The number of ether oxygens (including phenoxy) is 2. The second-order valence-electron chi connectivity index (χ2n) is 9.78. The minimum Gasteiger partial charge on any atom is -0.496 e. The highest BCUT2D eigenvalue weighted by molar-refractivity contribution is 7.15. The molecule has 41 heavy (non-hydrogen) atoms. The quantitative estimate of drug-likeness (QED) is 0.303. The fourth-order valence-corrected chi connectivity index (χ4v) is 7.52. The Kier molecular flexibility index (Phi) is 7.60. The zero-order valence-corrected chi connectivity index (χ0v) is 25.6. The first-order valence-electron chi connectivity index (χ1n) is 13.1. The van der Waals surface area contributed by atoms with Crippen molar-refractivity contribution < 1.29 is 14.3 Å². The van der Waals surface area contributed by atoms with Gasteiger partial charge in [-0.05, 0) is 70.9 Å². The maximum Gasteiger partial charge on any atom is 0.338 e. The second-order valence-corrected chi connectivity index (χ2v) is 12.0. The number of benzene rings is 1. The van der Waals surface area contributed by atoms with Crippen LogP contribution in [0.25, 0.3) is 11.1 Å². The van der Waals surface area contributed by atoms with Crippen LogP contribution < -0.4 is 19.6 Å². The molecule has 0 saturated carbocycles. The summed E-state index contributed by atoms with van der Waals surface area (Å²) in [5, 5.41) is 10.7. The van der Waals surface area contributed by atoms with Gasteiger partial charge in [0.05, 0.1) is 35.1 Å². The predicted molar refractivity (Wildman–Crippen MR) is 161 cm³/mol. The molecule has 0 amide bonds. The number of allylic oxidation sites excluding steroid dienone is 1. The molecule has 4 heterocycles. The van der Waals surface area contributed by atoms with E-state index in [1.807, 2.05) is 64.1 Å². The normalized spacial score (nSPS) is 15.0. The van der Waals surface area contributed by atoms with E-state index in [0.29, 0.717) is 37.5 Å². The van der Waals surface area contributed by atoms with Gasteiger partial charge in [-0.1, -0.05) is 29.5 Å². The molecule has 1 aliphatic heterocycles. The van der Waals surface area contributed by atoms with Gasteiger partial charge in [0, 0.05) is 21.8 Å². The molecule has 0 saturated heterocycles. The van der Waals surface area contributed by atoms with Gasteiger partial charge in [0.25, 0.3) is 5.56 Å². The highest BCUT2D eigenvalue weighted by Gasteiger charge is 2.35. The van der Waals surface area contributed by atoms with Crippen LogP contribution in [0.4, 0.5) is 0 Å². The van der Waals surface area contributed by atoms with Crippen LogP contribution in [0.2, 0.25) is 0 Å². The van der Waals surface area contributed by atoms with Gasteiger partial charge < -0.3 is 14.0 Å². The smallest absolute Gasteiger partial charge is 0.338 e. The third-order valence-corrected chi connectivity index (χ3v) is 9.56. The molecule has 0 unspecified atom stereocenters. The summed E-state index contributed by atoms with van der Waals surface area (Å²) >= 11 is 2.86. The van der Waals surface area contributed by atoms with Gasteiger partial charge in [0.15, 0.2) is 4.80 Å². The molecule has 0 bridgehead atoms. The van der Waals surface area contributed by atoms with Crippen LogP contribution in [0.15, 0.2) is 51.4 Å². The second kappa shape index (κ2) is 11.0. The summed E-state index contributed by atoms with van der Waals surface area (Å²) in [6.45, 7) is 11.7. The molecule has 0 N–H and O–H groups in total. The molecule has 1 aliphatic rings. The minimum atomic E-state index is -0.758. The van der Waals surface area contributed by atoms with Crippen molar-refractivity contribution in [1.82, 2.24) is 9.13 Å². The minimum absolute atomic E-state index is 0.200. The van der Waals surface area contributed by atoms with Crippen molar-refractivity contribution >= 4 is 34.7 Å². The Balaban J connectivity index is 1.73. The summed E-state index contributed by atoms with van der Waals surface area (Å²) in [5.41, 5.74) is 5.63. The summed E-state index contributed by atoms with van der Waals surface area (Å²) in [6.07, 6.45) is 1.87. The number of nitriles is 1. The summed E-state index contributed by atoms with van der Waals surface area (Å²) in [6, 6.07) is 11.0. The highest BCUT2D eigenvalue weighted by Crippen LogP contribution is 2.36. The van der Waals surface area contributed by atoms with Crippen molar-refractivity contribution in [2.75, 3.05) is 13.7 Å². The van der Waals surface area contributed by atoms with Crippen molar-refractivity contribution in [3.8, 4) is 16.8 Å². The fourth-order valence-electron chi connectivity index (χ4n) is 5.26. The molecular formula is C31H30N4O4S2. The molecule has 4 aromatic rings. The zero-order valence-electron chi connectivity index (χ0n) is 24.0. The van der Waals surface area contributed by atoms with E-state index in [0.717, 1.165) is 32.4 Å². The SMILES string of the molecule is CCOC(=O)C1=C(C)N=c2s/c(=C/c3cc(C)n(-c4sc(C)c(C)c4C#N)c3C)c(=O)n2[C@H]1c1ccccc1OC. The molecule has 0 fully saturated rings. The lowest BCUT2D eigenvalue weighted by atomic mass is 9.95. The number of aryl methyl sites for hydroxylation is 2. The van der Waals surface area contributed by atoms with Crippen molar-refractivity contribution in [1.29, 1.82) is 5.26 Å². The standard InChI is InChI=1S/C31H30N4O4S2/c1-8-39-30(37)26-18(4)33-31-35(27(26)22-11-9-10-12-24(22)38-7)28(36)25(41-31)14-21-13-16(2)34(19(21)5)29-23(15-32)17(3)20(6)40-29/h9-14,27H,8H2,1-7H3/b25-14+/t27-/m0/s1. The van der Waals surface area contributed by atoms with E-state index in [4.69, 9.17) is 9.47 Å². The molecular weight excluding hydrogens is 556 g/mol. The third kappa shape index (κ3) is 4.65. The van der Waals surface area contributed by atoms with Crippen LogP contribution in [-0.4, -0.2) is 28.8 Å². The van der Waals surface area contributed by atoms with Crippen LogP contribution in [-0.2, 0) is 9.53 Å². The van der Waals surface area contributed by atoms with Gasteiger partial charge >= 0.3 is 5.97 Å². The van der Waals surface area contributed by atoms with E-state index in [1.54, 1.807) is 36.9 Å². The average molecular weight is 587 g/mol. The van der Waals surface area contributed by atoms with E-state index < -0.39 is 12.0 Å². The lowest BCUT2D eigenvalue weighted by Crippen LogP contribution is -2.40. The number of para-hydroxylation sites is 1. The number of methoxy groups -OCH3 is 1. The Morgan fingerprint density at radius 2 is 1.90 bits per heavy atom. The van der Waals surface area contributed by atoms with Crippen molar-refractivity contribution in [2.24, 2.45) is 4.99 Å². The highest BCUT2D eigenvalue weighted by atomic mass is 32.1. The molecule has 5 rings (SSSR count). The average Bonchev–Trinajstić information content (AvgIpc) is 3.51. The molecule has 8 nitrogen and oxygen atoms in total. The summed E-state index contributed by atoms with van der Waals surface area (Å²) in [7, 11) is 1.56. The Morgan fingerprint density at radius 1 is 1.17 bits per heavy atom. The first-order chi connectivity index (χ1) is 19.6. The van der Waals surface area contributed by atoms with Crippen molar-refractivity contribution in [2.45, 2.75) is 47.6 Å². The van der Waals surface area contributed by atoms with Crippen LogP contribution in [0.1, 0.15) is 58.4 Å². The van der Waals surface area contributed by atoms with E-state index in [9.17, 15) is 14.9 Å². The number of fused-ring (bicyclic) bond motifs is 1. The summed E-state index contributed by atoms with van der Waals surface area (Å²) in [4.78, 5) is 33.5. The molecule has 1 atom stereocenters. The fraction of sp³-hybridized carbons (Fsp3) is 0.290. The predicted octanol–water partition coefficient (Wildman–Crippen LogP) is 4.76. The van der Waals surface area contributed by atoms with E-state index in [1.165, 1.54) is 11.3 Å². The van der Waals surface area contributed by atoms with Gasteiger partial charge in [-0.2, -0.15) is 5.26 Å². The number of rotatable bonds is 6. The number of aromatic nitrogens is 2. The topological polar surface area (TPSA) is 98.6 Å². The van der Waals surface area contributed by atoms with E-state index in [2.05, 4.69) is 15.6 Å². The van der Waals surface area contributed by atoms with Crippen LogP contribution in [0.5, 0.6) is 5.75 Å². The molecule has 210 valence electrons. The molecule has 0 spiro atoms. The van der Waals surface area contributed by atoms with Crippen LogP contribution >= 0.6 is 22.7 Å². The summed E-state index contributed by atoms with van der Waals surface area (Å²) in [5.74, 6) is 0.0410. The monoisotopic (exact) mass is 586 g/mol. The summed E-state index contributed by atoms with van der Waals surface area (Å²) < 4.78 is 15.2. The molecule has 10 heteroatoms. The molecule has 0 aliphatic carbocycles. The number of nitrogens with zero attached hydrogens (tertiary/aromatic N) is 4. The maximum absolute atomic E-state index is 14.1. The van der Waals surface area contributed by atoms with Crippen molar-refractivity contribution in [3.63, 3.8) is 0 Å². The molecule has 3 aromatic heterocycles. The zero-order chi connectivity index (χ0) is 29.6. The van der Waals surface area contributed by atoms with E-state index >= 15 is 0 Å². The first kappa shape index (κ1) is 28.3. The Morgan fingerprint density at radius 3 is 2.59 bits per heavy atom. The van der Waals surface area contributed by atoms with Crippen molar-refractivity contribution in [3.05, 3.63) is 99.8 Å². The van der Waals surface area contributed by atoms with Gasteiger partial charge in [-0.15, -0.1) is 11.3 Å².